The van der Waals surface area contributed by atoms with E-state index in [9.17, 15) is 14.4 Å². The monoisotopic (exact) mass is 527 g/mol. The van der Waals surface area contributed by atoms with Gasteiger partial charge in [-0.05, 0) is 66.8 Å². The standard InChI is InChI=1S/C31H33N3O5/c1-21-24(9-6-10-28(21)38-2)19-33(25-15-16-25)30(36)27-17-32-18-29(35)34(27)26-13-11-22(12-14-26)20-39-31(37)23-7-4-3-5-8-23/h3-14,25,27,32H,15-20H2,1-2H3/t27-/m1/s1. The molecule has 1 aliphatic carbocycles. The van der Waals surface area contributed by atoms with Gasteiger partial charge in [0.25, 0.3) is 0 Å². The van der Waals surface area contributed by atoms with E-state index in [1.165, 1.54) is 0 Å². The van der Waals surface area contributed by atoms with Gasteiger partial charge in [0.05, 0.1) is 19.2 Å². The Balaban J connectivity index is 1.31. The van der Waals surface area contributed by atoms with Crippen LogP contribution < -0.4 is 15.0 Å². The summed E-state index contributed by atoms with van der Waals surface area (Å²) in [4.78, 5) is 42.8. The van der Waals surface area contributed by atoms with Gasteiger partial charge >= 0.3 is 5.97 Å². The van der Waals surface area contributed by atoms with E-state index in [0.29, 0.717) is 24.3 Å². The van der Waals surface area contributed by atoms with Gasteiger partial charge in [0, 0.05) is 24.8 Å². The Morgan fingerprint density at radius 3 is 2.44 bits per heavy atom. The van der Waals surface area contributed by atoms with E-state index in [0.717, 1.165) is 35.3 Å². The number of nitrogens with one attached hydrogen (secondary N) is 1. The minimum absolute atomic E-state index is 0.0684. The third-order valence-electron chi connectivity index (χ3n) is 7.30. The van der Waals surface area contributed by atoms with E-state index >= 15 is 0 Å². The predicted molar refractivity (Wildman–Crippen MR) is 147 cm³/mol. The first kappa shape index (κ1) is 26.4. The van der Waals surface area contributed by atoms with E-state index in [1.807, 2.05) is 60.4 Å². The van der Waals surface area contributed by atoms with Crippen LogP contribution in [0, 0.1) is 6.92 Å². The second-order valence-corrected chi connectivity index (χ2v) is 9.96. The van der Waals surface area contributed by atoms with Crippen molar-refractivity contribution in [2.45, 2.75) is 45.0 Å². The molecule has 3 aromatic rings. The molecule has 39 heavy (non-hydrogen) atoms. The summed E-state index contributed by atoms with van der Waals surface area (Å²) in [6, 6.07) is 21.5. The van der Waals surface area contributed by atoms with Crippen molar-refractivity contribution in [3.8, 4) is 5.75 Å². The van der Waals surface area contributed by atoms with Crippen molar-refractivity contribution in [3.63, 3.8) is 0 Å². The van der Waals surface area contributed by atoms with Crippen molar-refractivity contribution in [2.75, 3.05) is 25.1 Å². The van der Waals surface area contributed by atoms with Gasteiger partial charge < -0.3 is 19.7 Å². The van der Waals surface area contributed by atoms with Crippen LogP contribution in [-0.2, 0) is 27.5 Å². The number of carbonyl (C=O) groups excluding carboxylic acids is 3. The van der Waals surface area contributed by atoms with Gasteiger partial charge in [-0.15, -0.1) is 0 Å². The van der Waals surface area contributed by atoms with Gasteiger partial charge in [-0.1, -0.05) is 42.5 Å². The fourth-order valence-corrected chi connectivity index (χ4v) is 4.95. The van der Waals surface area contributed by atoms with Crippen LogP contribution in [0.3, 0.4) is 0 Å². The number of anilines is 1. The Bertz CT molecular complexity index is 1340. The maximum atomic E-state index is 14.0. The third kappa shape index (κ3) is 5.96. The molecule has 1 atom stereocenters. The van der Waals surface area contributed by atoms with Crippen LogP contribution in [0.25, 0.3) is 0 Å². The van der Waals surface area contributed by atoms with E-state index in [-0.39, 0.29) is 31.0 Å². The molecule has 0 unspecified atom stereocenters. The number of piperazine rings is 1. The summed E-state index contributed by atoms with van der Waals surface area (Å²) in [5.74, 6) is 0.174. The maximum absolute atomic E-state index is 14.0. The summed E-state index contributed by atoms with van der Waals surface area (Å²) in [6.07, 6.45) is 1.92. The number of carbonyl (C=O) groups is 3. The Morgan fingerprint density at radius 2 is 1.74 bits per heavy atom. The van der Waals surface area contributed by atoms with Crippen molar-refractivity contribution in [2.24, 2.45) is 0 Å². The normalized spacial score (nSPS) is 17.0. The summed E-state index contributed by atoms with van der Waals surface area (Å²) in [6.45, 7) is 3.12. The highest BCUT2D eigenvalue weighted by molar-refractivity contribution is 6.03. The Labute approximate surface area is 228 Å². The van der Waals surface area contributed by atoms with E-state index in [4.69, 9.17) is 9.47 Å². The maximum Gasteiger partial charge on any atom is 0.338 e. The number of hydrogen-bond donors (Lipinski definition) is 1. The summed E-state index contributed by atoms with van der Waals surface area (Å²) < 4.78 is 10.9. The summed E-state index contributed by atoms with van der Waals surface area (Å²) in [5, 5.41) is 3.12. The topological polar surface area (TPSA) is 88.2 Å². The number of hydrogen-bond acceptors (Lipinski definition) is 6. The molecule has 8 heteroatoms. The zero-order valence-corrected chi connectivity index (χ0v) is 22.3. The van der Waals surface area contributed by atoms with E-state index in [2.05, 4.69) is 5.32 Å². The fraction of sp³-hybridized carbons (Fsp3) is 0.323. The van der Waals surface area contributed by atoms with Gasteiger partial charge in [0.15, 0.2) is 0 Å². The average Bonchev–Trinajstić information content (AvgIpc) is 3.81. The molecule has 1 N–H and O–H groups in total. The molecule has 202 valence electrons. The molecular formula is C31H33N3O5. The van der Waals surface area contributed by atoms with Crippen LogP contribution in [0.2, 0.25) is 0 Å². The summed E-state index contributed by atoms with van der Waals surface area (Å²) in [5.41, 5.74) is 3.97. The zero-order chi connectivity index (χ0) is 27.4. The summed E-state index contributed by atoms with van der Waals surface area (Å²) >= 11 is 0. The number of methoxy groups -OCH3 is 1. The van der Waals surface area contributed by atoms with Crippen molar-refractivity contribution in [1.82, 2.24) is 10.2 Å². The lowest BCUT2D eigenvalue weighted by molar-refractivity contribution is -0.136. The molecule has 2 amide bonds. The van der Waals surface area contributed by atoms with E-state index < -0.39 is 12.0 Å². The smallest absolute Gasteiger partial charge is 0.338 e. The molecule has 1 saturated heterocycles. The van der Waals surface area contributed by atoms with Gasteiger partial charge in [0.2, 0.25) is 11.8 Å². The molecule has 2 fully saturated rings. The average molecular weight is 528 g/mol. The molecule has 3 aromatic carbocycles. The Kier molecular flexibility index (Phi) is 7.93. The van der Waals surface area contributed by atoms with Crippen molar-refractivity contribution in [3.05, 3.63) is 95.1 Å². The minimum atomic E-state index is -0.653. The highest BCUT2D eigenvalue weighted by atomic mass is 16.5. The minimum Gasteiger partial charge on any atom is -0.496 e. The SMILES string of the molecule is COc1cccc(CN(C(=O)[C@H]2CNCC(=O)N2c2ccc(COC(=O)c3ccccc3)cc2)C2CC2)c1C. The van der Waals surface area contributed by atoms with Crippen LogP contribution in [0.4, 0.5) is 5.69 Å². The highest BCUT2D eigenvalue weighted by Gasteiger charge is 2.41. The Hall–Kier alpha value is -4.17. The van der Waals surface area contributed by atoms with Crippen LogP contribution >= 0.6 is 0 Å². The summed E-state index contributed by atoms with van der Waals surface area (Å²) in [7, 11) is 1.64. The van der Waals surface area contributed by atoms with Gasteiger partial charge in [-0.2, -0.15) is 0 Å². The molecule has 2 aliphatic rings. The lowest BCUT2D eigenvalue weighted by Gasteiger charge is -2.38. The zero-order valence-electron chi connectivity index (χ0n) is 22.3. The van der Waals surface area contributed by atoms with Crippen molar-refractivity contribution < 1.29 is 23.9 Å². The molecular weight excluding hydrogens is 494 g/mol. The first-order chi connectivity index (χ1) is 19.0. The highest BCUT2D eigenvalue weighted by Crippen LogP contribution is 2.32. The first-order valence-electron chi connectivity index (χ1n) is 13.2. The predicted octanol–water partition coefficient (Wildman–Crippen LogP) is 3.86. The van der Waals surface area contributed by atoms with E-state index in [1.54, 1.807) is 36.3 Å². The first-order valence-corrected chi connectivity index (χ1v) is 13.2. The number of ether oxygens (including phenoxy) is 2. The van der Waals surface area contributed by atoms with Gasteiger partial charge in [-0.3, -0.25) is 14.5 Å². The van der Waals surface area contributed by atoms with Gasteiger partial charge in [-0.25, -0.2) is 4.79 Å². The van der Waals surface area contributed by atoms with Crippen molar-refractivity contribution in [1.29, 1.82) is 0 Å². The second-order valence-electron chi connectivity index (χ2n) is 9.96. The number of nitrogens with zero attached hydrogens (tertiary/aromatic N) is 2. The van der Waals surface area contributed by atoms with Gasteiger partial charge in [0.1, 0.15) is 18.4 Å². The van der Waals surface area contributed by atoms with Crippen LogP contribution in [0.15, 0.2) is 72.8 Å². The fourth-order valence-electron chi connectivity index (χ4n) is 4.95. The van der Waals surface area contributed by atoms with Crippen LogP contribution in [0.5, 0.6) is 5.75 Å². The number of rotatable bonds is 9. The molecule has 1 aliphatic heterocycles. The van der Waals surface area contributed by atoms with Crippen LogP contribution in [0.1, 0.15) is 39.9 Å². The molecule has 0 radical (unpaired) electrons. The number of benzene rings is 3. The lowest BCUT2D eigenvalue weighted by atomic mass is 10.0. The lowest BCUT2D eigenvalue weighted by Crippen LogP contribution is -2.61. The van der Waals surface area contributed by atoms with Crippen LogP contribution in [-0.4, -0.2) is 55.0 Å². The molecule has 0 spiro atoms. The van der Waals surface area contributed by atoms with Crippen molar-refractivity contribution >= 4 is 23.5 Å². The molecule has 0 bridgehead atoms. The third-order valence-corrected chi connectivity index (χ3v) is 7.30. The molecule has 5 rings (SSSR count). The molecule has 1 heterocycles. The molecule has 8 nitrogen and oxygen atoms in total. The number of esters is 1. The second kappa shape index (κ2) is 11.7. The quantitative estimate of drug-likeness (QED) is 0.426. The Morgan fingerprint density at radius 1 is 1.00 bits per heavy atom. The number of amides is 2. The largest absolute Gasteiger partial charge is 0.496 e. The molecule has 0 aromatic heterocycles. The molecule has 1 saturated carbocycles.